The third-order valence-electron chi connectivity index (χ3n) is 1.74. The summed E-state index contributed by atoms with van der Waals surface area (Å²) in [7, 11) is 0. The van der Waals surface area contributed by atoms with Crippen LogP contribution in [0.25, 0.3) is 0 Å². The standard InChI is InChI=1S/C7H4ClN3O3/c8-4-2-1-3(12)9-5(2)11-6(10-4)7(13)14/h1H2,(H,13,14)(H,9,10,11,12). The summed E-state index contributed by atoms with van der Waals surface area (Å²) in [6.45, 7) is 0. The van der Waals surface area contributed by atoms with Crippen LogP contribution in [-0.4, -0.2) is 27.0 Å². The summed E-state index contributed by atoms with van der Waals surface area (Å²) in [5.41, 5.74) is 0.446. The summed E-state index contributed by atoms with van der Waals surface area (Å²) in [5, 5.41) is 11.0. The number of carboxylic acids is 1. The fraction of sp³-hybridized carbons (Fsp3) is 0.143. The summed E-state index contributed by atoms with van der Waals surface area (Å²) in [6, 6.07) is 0. The van der Waals surface area contributed by atoms with E-state index >= 15 is 0 Å². The lowest BCUT2D eigenvalue weighted by Crippen LogP contribution is -2.07. The van der Waals surface area contributed by atoms with Gasteiger partial charge in [-0.2, -0.15) is 0 Å². The van der Waals surface area contributed by atoms with Crippen LogP contribution >= 0.6 is 11.6 Å². The number of amides is 1. The minimum Gasteiger partial charge on any atom is -0.475 e. The van der Waals surface area contributed by atoms with Crippen LogP contribution in [0.4, 0.5) is 5.82 Å². The Labute approximate surface area is 82.9 Å². The van der Waals surface area contributed by atoms with Crippen molar-refractivity contribution in [2.24, 2.45) is 0 Å². The highest BCUT2D eigenvalue weighted by molar-refractivity contribution is 6.31. The van der Waals surface area contributed by atoms with Crippen molar-refractivity contribution < 1.29 is 14.7 Å². The van der Waals surface area contributed by atoms with E-state index in [2.05, 4.69) is 15.3 Å². The van der Waals surface area contributed by atoms with Gasteiger partial charge in [-0.1, -0.05) is 11.6 Å². The van der Waals surface area contributed by atoms with Gasteiger partial charge in [0.1, 0.15) is 11.0 Å². The molecule has 0 fully saturated rings. The van der Waals surface area contributed by atoms with E-state index in [1.165, 1.54) is 0 Å². The smallest absolute Gasteiger partial charge is 0.374 e. The number of aromatic nitrogens is 2. The van der Waals surface area contributed by atoms with Crippen molar-refractivity contribution in [2.75, 3.05) is 5.32 Å². The Morgan fingerprint density at radius 1 is 1.50 bits per heavy atom. The van der Waals surface area contributed by atoms with Crippen LogP contribution in [0.2, 0.25) is 5.15 Å². The van der Waals surface area contributed by atoms with Crippen molar-refractivity contribution in [1.29, 1.82) is 0 Å². The van der Waals surface area contributed by atoms with Gasteiger partial charge in [0.25, 0.3) is 0 Å². The van der Waals surface area contributed by atoms with Crippen molar-refractivity contribution in [1.82, 2.24) is 9.97 Å². The minimum atomic E-state index is -1.28. The van der Waals surface area contributed by atoms with Gasteiger partial charge in [-0.3, -0.25) is 4.79 Å². The lowest BCUT2D eigenvalue weighted by Gasteiger charge is -2.00. The quantitative estimate of drug-likeness (QED) is 0.656. The first-order valence-electron chi connectivity index (χ1n) is 3.67. The predicted octanol–water partition coefficient (Wildman–Crippen LogP) is 0.323. The first-order valence-corrected chi connectivity index (χ1v) is 4.05. The SMILES string of the molecule is O=C1Cc2c(Cl)nc(C(=O)O)nc2N1. The van der Waals surface area contributed by atoms with Crippen molar-refractivity contribution >= 4 is 29.3 Å². The Balaban J connectivity index is 2.56. The summed E-state index contributed by atoms with van der Waals surface area (Å²) in [4.78, 5) is 28.7. The summed E-state index contributed by atoms with van der Waals surface area (Å²) in [6.07, 6.45) is 0.0913. The van der Waals surface area contributed by atoms with Gasteiger partial charge in [-0.25, -0.2) is 14.8 Å². The normalized spacial score (nSPS) is 13.6. The molecule has 14 heavy (non-hydrogen) atoms. The molecule has 2 heterocycles. The highest BCUT2D eigenvalue weighted by Gasteiger charge is 2.25. The molecule has 72 valence electrons. The van der Waals surface area contributed by atoms with Crippen molar-refractivity contribution in [3.05, 3.63) is 16.5 Å². The van der Waals surface area contributed by atoms with Crippen molar-refractivity contribution in [2.45, 2.75) is 6.42 Å². The summed E-state index contributed by atoms with van der Waals surface area (Å²) < 4.78 is 0. The maximum Gasteiger partial charge on any atom is 0.374 e. The number of anilines is 1. The number of nitrogens with zero attached hydrogens (tertiary/aromatic N) is 2. The Kier molecular flexibility index (Phi) is 1.85. The zero-order valence-corrected chi connectivity index (χ0v) is 7.50. The van der Waals surface area contributed by atoms with Crippen LogP contribution in [0.5, 0.6) is 0 Å². The third kappa shape index (κ3) is 1.29. The maximum absolute atomic E-state index is 10.9. The molecule has 2 rings (SSSR count). The van der Waals surface area contributed by atoms with E-state index in [1.807, 2.05) is 0 Å². The molecule has 0 aliphatic carbocycles. The van der Waals surface area contributed by atoms with Crippen LogP contribution in [0.3, 0.4) is 0 Å². The average Bonchev–Trinajstić information content (AvgIpc) is 2.45. The van der Waals surface area contributed by atoms with Gasteiger partial charge in [0.15, 0.2) is 0 Å². The number of hydrogen-bond acceptors (Lipinski definition) is 4. The Hall–Kier alpha value is -1.69. The number of carboxylic acid groups (broad SMARTS) is 1. The van der Waals surface area contributed by atoms with Gasteiger partial charge in [0, 0.05) is 5.56 Å². The van der Waals surface area contributed by atoms with Gasteiger partial charge in [-0.15, -0.1) is 0 Å². The first kappa shape index (κ1) is 8.89. The number of rotatable bonds is 1. The molecule has 1 aromatic heterocycles. The van der Waals surface area contributed by atoms with Gasteiger partial charge >= 0.3 is 5.97 Å². The largest absolute Gasteiger partial charge is 0.475 e. The molecule has 1 amide bonds. The highest BCUT2D eigenvalue weighted by Crippen LogP contribution is 2.26. The molecule has 0 unspecified atom stereocenters. The number of hydrogen-bond donors (Lipinski definition) is 2. The van der Waals surface area contributed by atoms with E-state index in [9.17, 15) is 9.59 Å². The molecular formula is C7H4ClN3O3. The van der Waals surface area contributed by atoms with Crippen LogP contribution in [0.15, 0.2) is 0 Å². The lowest BCUT2D eigenvalue weighted by atomic mass is 10.3. The molecular weight excluding hydrogens is 210 g/mol. The zero-order chi connectivity index (χ0) is 10.3. The molecule has 7 heteroatoms. The van der Waals surface area contributed by atoms with Crippen molar-refractivity contribution in [3.8, 4) is 0 Å². The van der Waals surface area contributed by atoms with E-state index in [-0.39, 0.29) is 23.3 Å². The Bertz CT molecular complexity index is 446. The second kappa shape index (κ2) is 2.91. The van der Waals surface area contributed by atoms with Gasteiger partial charge in [-0.05, 0) is 0 Å². The van der Waals surface area contributed by atoms with E-state index in [0.29, 0.717) is 5.56 Å². The minimum absolute atomic E-state index is 0.00532. The third-order valence-corrected chi connectivity index (χ3v) is 2.06. The van der Waals surface area contributed by atoms with E-state index < -0.39 is 11.8 Å². The van der Waals surface area contributed by atoms with Crippen LogP contribution in [0.1, 0.15) is 16.2 Å². The van der Waals surface area contributed by atoms with Crippen molar-refractivity contribution in [3.63, 3.8) is 0 Å². The highest BCUT2D eigenvalue weighted by atomic mass is 35.5. The van der Waals surface area contributed by atoms with Crippen LogP contribution < -0.4 is 5.32 Å². The fourth-order valence-corrected chi connectivity index (χ4v) is 1.39. The monoisotopic (exact) mass is 213 g/mol. The second-order valence-electron chi connectivity index (χ2n) is 2.70. The van der Waals surface area contributed by atoms with E-state index in [4.69, 9.17) is 16.7 Å². The second-order valence-corrected chi connectivity index (χ2v) is 3.05. The number of fused-ring (bicyclic) bond motifs is 1. The molecule has 0 saturated carbocycles. The van der Waals surface area contributed by atoms with Crippen LogP contribution in [0, 0.1) is 0 Å². The maximum atomic E-state index is 10.9. The molecule has 1 aliphatic rings. The molecule has 0 spiro atoms. The van der Waals surface area contributed by atoms with Gasteiger partial charge in [0.05, 0.1) is 6.42 Å². The molecule has 0 saturated heterocycles. The molecule has 0 radical (unpaired) electrons. The molecule has 0 atom stereocenters. The zero-order valence-electron chi connectivity index (χ0n) is 6.74. The fourth-order valence-electron chi connectivity index (χ4n) is 1.15. The Morgan fingerprint density at radius 3 is 2.86 bits per heavy atom. The predicted molar refractivity (Wildman–Crippen MR) is 46.3 cm³/mol. The first-order chi connectivity index (χ1) is 6.58. The van der Waals surface area contributed by atoms with Gasteiger partial charge in [0.2, 0.25) is 11.7 Å². The van der Waals surface area contributed by atoms with Gasteiger partial charge < -0.3 is 10.4 Å². The van der Waals surface area contributed by atoms with Crippen LogP contribution in [-0.2, 0) is 11.2 Å². The molecule has 1 aliphatic heterocycles. The molecule has 1 aromatic rings. The molecule has 2 N–H and O–H groups in total. The number of nitrogens with one attached hydrogen (secondary N) is 1. The average molecular weight is 214 g/mol. The number of aromatic carboxylic acids is 1. The molecule has 0 bridgehead atoms. The lowest BCUT2D eigenvalue weighted by molar-refractivity contribution is -0.115. The molecule has 0 aromatic carbocycles. The number of carbonyl (C=O) groups is 2. The molecule has 6 nitrogen and oxygen atoms in total. The van der Waals surface area contributed by atoms with E-state index in [0.717, 1.165) is 0 Å². The van der Waals surface area contributed by atoms with E-state index in [1.54, 1.807) is 0 Å². The summed E-state index contributed by atoms with van der Waals surface area (Å²) >= 11 is 5.68. The topological polar surface area (TPSA) is 92.2 Å². The number of carbonyl (C=O) groups excluding carboxylic acids is 1. The summed E-state index contributed by atoms with van der Waals surface area (Å²) in [5.74, 6) is -1.78. The number of halogens is 1. The Morgan fingerprint density at radius 2 is 2.21 bits per heavy atom.